The summed E-state index contributed by atoms with van der Waals surface area (Å²) < 4.78 is 22.8. The molecule has 1 saturated heterocycles. The Bertz CT molecular complexity index is 701. The van der Waals surface area contributed by atoms with Gasteiger partial charge in [-0.15, -0.1) is 0 Å². The van der Waals surface area contributed by atoms with Gasteiger partial charge in [0.05, 0.1) is 6.10 Å². The number of hydrogen-bond donors (Lipinski definition) is 0. The van der Waals surface area contributed by atoms with Gasteiger partial charge >= 0.3 is 0 Å². The maximum atomic E-state index is 5.94. The lowest BCUT2D eigenvalue weighted by Crippen LogP contribution is -2.42. The molecule has 3 heterocycles. The molecular weight excluding hydrogens is 306 g/mol. The monoisotopic (exact) mass is 329 g/mol. The van der Waals surface area contributed by atoms with Crippen molar-refractivity contribution >= 4 is 0 Å². The largest absolute Gasteiger partial charge is 0.454 e. The van der Waals surface area contributed by atoms with Gasteiger partial charge in [0.2, 0.25) is 6.79 Å². The first-order valence-electron chi connectivity index (χ1n) is 8.81. The Kier molecular flexibility index (Phi) is 3.37. The number of fused-ring (bicyclic) bond motifs is 8. The molecule has 24 heavy (non-hydrogen) atoms. The predicted octanol–water partition coefficient (Wildman–Crippen LogP) is 2.45. The maximum Gasteiger partial charge on any atom is 0.231 e. The molecule has 0 amide bonds. The number of methoxy groups -OCH3 is 1. The Balaban J connectivity index is 1.55. The molecular formula is C19H23NO4. The third kappa shape index (κ3) is 2.05. The van der Waals surface area contributed by atoms with Crippen LogP contribution in [0, 0.1) is 0 Å². The molecule has 5 nitrogen and oxygen atoms in total. The molecule has 1 aromatic carbocycles. The highest BCUT2D eigenvalue weighted by Gasteiger charge is 2.47. The minimum Gasteiger partial charge on any atom is -0.454 e. The highest BCUT2D eigenvalue weighted by atomic mass is 16.7. The van der Waals surface area contributed by atoms with E-state index >= 15 is 0 Å². The Morgan fingerprint density at radius 2 is 2.08 bits per heavy atom. The first-order valence-corrected chi connectivity index (χ1v) is 8.81. The van der Waals surface area contributed by atoms with Crippen LogP contribution >= 0.6 is 0 Å². The minimum absolute atomic E-state index is 0.0595. The molecule has 1 unspecified atom stereocenters. The Morgan fingerprint density at radius 3 is 2.88 bits per heavy atom. The Labute approximate surface area is 142 Å². The van der Waals surface area contributed by atoms with E-state index in [2.05, 4.69) is 23.1 Å². The second-order valence-electron chi connectivity index (χ2n) is 7.00. The van der Waals surface area contributed by atoms with Crippen LogP contribution in [0.25, 0.3) is 0 Å². The van der Waals surface area contributed by atoms with Crippen LogP contribution < -0.4 is 9.47 Å². The molecule has 5 heteroatoms. The molecule has 4 aliphatic rings. The zero-order chi connectivity index (χ0) is 16.3. The van der Waals surface area contributed by atoms with Crippen LogP contribution in [0.4, 0.5) is 0 Å². The van der Waals surface area contributed by atoms with Crippen LogP contribution in [-0.4, -0.2) is 50.2 Å². The van der Waals surface area contributed by atoms with Crippen LogP contribution in [0.2, 0.25) is 0 Å². The first-order chi connectivity index (χ1) is 11.8. The number of hydrogen-bond acceptors (Lipinski definition) is 5. The van der Waals surface area contributed by atoms with E-state index in [0.717, 1.165) is 31.0 Å². The summed E-state index contributed by atoms with van der Waals surface area (Å²) in [6.07, 6.45) is 3.53. The van der Waals surface area contributed by atoms with Crippen molar-refractivity contribution in [3.8, 4) is 11.5 Å². The average Bonchev–Trinajstić information content (AvgIpc) is 3.16. The van der Waals surface area contributed by atoms with E-state index in [1.165, 1.54) is 16.7 Å². The summed E-state index contributed by atoms with van der Waals surface area (Å²) in [5.74, 6) is 2.21. The Morgan fingerprint density at radius 1 is 1.25 bits per heavy atom. The summed E-state index contributed by atoms with van der Waals surface area (Å²) in [6.45, 7) is 5.14. The van der Waals surface area contributed by atoms with Gasteiger partial charge in [-0.25, -0.2) is 0 Å². The third-order valence-electron chi connectivity index (χ3n) is 5.87. The van der Waals surface area contributed by atoms with Crippen molar-refractivity contribution in [2.75, 3.05) is 27.1 Å². The summed E-state index contributed by atoms with van der Waals surface area (Å²) in [5, 5.41) is 0. The normalized spacial score (nSPS) is 35.4. The van der Waals surface area contributed by atoms with E-state index in [0.29, 0.717) is 25.4 Å². The van der Waals surface area contributed by atoms with E-state index in [-0.39, 0.29) is 12.2 Å². The van der Waals surface area contributed by atoms with E-state index in [1.807, 2.05) is 6.92 Å². The fourth-order valence-corrected chi connectivity index (χ4v) is 4.78. The minimum atomic E-state index is 0.0595. The van der Waals surface area contributed by atoms with Crippen LogP contribution in [0.3, 0.4) is 0 Å². The zero-order valence-electron chi connectivity index (χ0n) is 14.2. The number of benzene rings is 1. The van der Waals surface area contributed by atoms with Crippen LogP contribution in [0.15, 0.2) is 23.8 Å². The molecule has 128 valence electrons. The highest BCUT2D eigenvalue weighted by Crippen LogP contribution is 2.50. The van der Waals surface area contributed by atoms with Crippen molar-refractivity contribution in [1.82, 2.24) is 4.90 Å². The molecule has 1 aromatic rings. The molecule has 0 radical (unpaired) electrons. The summed E-state index contributed by atoms with van der Waals surface area (Å²) in [6, 6.07) is 4.82. The third-order valence-corrected chi connectivity index (χ3v) is 5.87. The van der Waals surface area contributed by atoms with Crippen molar-refractivity contribution in [3.63, 3.8) is 0 Å². The second-order valence-corrected chi connectivity index (χ2v) is 7.00. The molecule has 0 N–H and O–H groups in total. The van der Waals surface area contributed by atoms with Crippen molar-refractivity contribution < 1.29 is 18.9 Å². The van der Waals surface area contributed by atoms with Gasteiger partial charge in [0, 0.05) is 38.8 Å². The molecule has 5 rings (SSSR count). The molecule has 1 fully saturated rings. The predicted molar refractivity (Wildman–Crippen MR) is 88.4 cm³/mol. The van der Waals surface area contributed by atoms with E-state index in [4.69, 9.17) is 18.9 Å². The van der Waals surface area contributed by atoms with Crippen molar-refractivity contribution in [1.29, 1.82) is 0 Å². The van der Waals surface area contributed by atoms with E-state index in [1.54, 1.807) is 7.11 Å². The van der Waals surface area contributed by atoms with Crippen molar-refractivity contribution in [2.24, 2.45) is 0 Å². The second kappa shape index (κ2) is 5.48. The highest BCUT2D eigenvalue weighted by molar-refractivity contribution is 5.54. The lowest BCUT2D eigenvalue weighted by molar-refractivity contribution is -0.0450. The number of nitrogens with zero attached hydrogens (tertiary/aromatic N) is 1. The maximum absolute atomic E-state index is 5.94. The van der Waals surface area contributed by atoms with Gasteiger partial charge in [-0.2, -0.15) is 0 Å². The Hall–Kier alpha value is -1.56. The molecule has 0 aromatic heterocycles. The van der Waals surface area contributed by atoms with Gasteiger partial charge < -0.3 is 18.9 Å². The molecule has 1 aliphatic carbocycles. The fourth-order valence-electron chi connectivity index (χ4n) is 4.78. The average molecular weight is 329 g/mol. The van der Waals surface area contributed by atoms with Crippen molar-refractivity contribution in [3.05, 3.63) is 34.9 Å². The van der Waals surface area contributed by atoms with Crippen LogP contribution in [-0.2, 0) is 16.0 Å². The van der Waals surface area contributed by atoms with Gasteiger partial charge in [-0.1, -0.05) is 6.08 Å². The smallest absolute Gasteiger partial charge is 0.231 e. The summed E-state index contributed by atoms with van der Waals surface area (Å²) in [4.78, 5) is 2.58. The summed E-state index contributed by atoms with van der Waals surface area (Å²) in [5.41, 5.74) is 4.27. The quantitative estimate of drug-likeness (QED) is 0.797. The van der Waals surface area contributed by atoms with E-state index in [9.17, 15) is 0 Å². The van der Waals surface area contributed by atoms with Gasteiger partial charge in [0.1, 0.15) is 6.10 Å². The molecule has 2 bridgehead atoms. The molecule has 0 spiro atoms. The molecule has 0 saturated carbocycles. The lowest BCUT2D eigenvalue weighted by atomic mass is 9.82. The van der Waals surface area contributed by atoms with Gasteiger partial charge in [0.25, 0.3) is 0 Å². The number of rotatable bonds is 3. The summed E-state index contributed by atoms with van der Waals surface area (Å²) in [7, 11) is 1.79. The lowest BCUT2D eigenvalue weighted by Gasteiger charge is -2.34. The van der Waals surface area contributed by atoms with Gasteiger partial charge in [-0.05, 0) is 42.2 Å². The van der Waals surface area contributed by atoms with Crippen LogP contribution in [0.5, 0.6) is 11.5 Å². The van der Waals surface area contributed by atoms with Gasteiger partial charge in [0.15, 0.2) is 11.5 Å². The van der Waals surface area contributed by atoms with E-state index < -0.39 is 0 Å². The number of ether oxygens (including phenoxy) is 4. The van der Waals surface area contributed by atoms with Gasteiger partial charge in [-0.3, -0.25) is 4.90 Å². The standard InChI is InChI=1S/C19H23NO4/c1-3-22-18-6-13-14-9-20(15(13)7-16(18)21-2)8-11-4-17-19(5-12(11)14)24-10-23-17/h4-6,14-16,18H,3,7-10H2,1-2H3/t14-,15-,16-,18-/m0/s1. The van der Waals surface area contributed by atoms with Crippen LogP contribution in [0.1, 0.15) is 30.4 Å². The SMILES string of the molecule is CCO[C@H]1C=C2[C@H]3CN(Cc4cc5c(cc43)OCO5)[C@H]2C[C@@H]1OC. The first kappa shape index (κ1) is 14.8. The fraction of sp³-hybridized carbons (Fsp3) is 0.579. The van der Waals surface area contributed by atoms with Crippen molar-refractivity contribution in [2.45, 2.75) is 44.1 Å². The molecule has 5 atom stereocenters. The zero-order valence-corrected chi connectivity index (χ0v) is 14.2. The topological polar surface area (TPSA) is 40.2 Å². The summed E-state index contributed by atoms with van der Waals surface area (Å²) >= 11 is 0. The molecule has 3 aliphatic heterocycles.